The average molecular weight is 287 g/mol. The van der Waals surface area contributed by atoms with Crippen molar-refractivity contribution in [1.29, 1.82) is 0 Å². The van der Waals surface area contributed by atoms with Crippen molar-refractivity contribution in [3.63, 3.8) is 0 Å². The number of nitrogens with zero attached hydrogens (tertiary/aromatic N) is 5. The van der Waals surface area contributed by atoms with Crippen molar-refractivity contribution in [1.82, 2.24) is 15.0 Å². The smallest absolute Gasteiger partial charge is 0.183 e. The Hall–Kier alpha value is -2.24. The highest BCUT2D eigenvalue weighted by Crippen LogP contribution is 2.28. The monoisotopic (exact) mass is 287 g/mol. The predicted octanol–water partition coefficient (Wildman–Crippen LogP) is 2.34. The third kappa shape index (κ3) is 2.66. The molecule has 2 aromatic heterocycles. The van der Waals surface area contributed by atoms with Gasteiger partial charge in [-0.1, -0.05) is 0 Å². The van der Waals surface area contributed by atoms with Crippen LogP contribution in [0.4, 0.5) is 16.0 Å². The lowest BCUT2D eigenvalue weighted by Crippen LogP contribution is -2.21. The second-order valence-electron chi connectivity index (χ2n) is 5.33. The zero-order valence-corrected chi connectivity index (χ0v) is 12.3. The van der Waals surface area contributed by atoms with Gasteiger partial charge in [0.2, 0.25) is 0 Å². The molecular weight excluding hydrogens is 269 g/mol. The molecule has 0 atom stereocenters. The molecule has 3 heterocycles. The lowest BCUT2D eigenvalue weighted by Gasteiger charge is -2.19. The van der Waals surface area contributed by atoms with Gasteiger partial charge >= 0.3 is 0 Å². The van der Waals surface area contributed by atoms with E-state index < -0.39 is 0 Å². The highest BCUT2D eigenvalue weighted by atomic mass is 19.1. The van der Waals surface area contributed by atoms with Crippen LogP contribution in [0.2, 0.25) is 0 Å². The van der Waals surface area contributed by atoms with Crippen molar-refractivity contribution in [2.75, 3.05) is 37.0 Å². The quantitative estimate of drug-likeness (QED) is 0.867. The van der Waals surface area contributed by atoms with Gasteiger partial charge in [-0.25, -0.2) is 19.3 Å². The number of anilines is 2. The van der Waals surface area contributed by atoms with Gasteiger partial charge in [-0.2, -0.15) is 0 Å². The van der Waals surface area contributed by atoms with Gasteiger partial charge in [0.1, 0.15) is 5.82 Å². The third-order valence-corrected chi connectivity index (χ3v) is 3.58. The molecule has 110 valence electrons. The molecule has 0 unspecified atom stereocenters. The SMILES string of the molecule is CN(C)c1ncccc1-c1ncc(F)c(N2CCCC2)n1. The average Bonchev–Trinajstić information content (AvgIpc) is 3.02. The maximum absolute atomic E-state index is 14.0. The van der Waals surface area contributed by atoms with Crippen molar-refractivity contribution in [2.24, 2.45) is 0 Å². The minimum absolute atomic E-state index is 0.365. The fraction of sp³-hybridized carbons (Fsp3) is 0.400. The predicted molar refractivity (Wildman–Crippen MR) is 81.0 cm³/mol. The first-order valence-electron chi connectivity index (χ1n) is 7.07. The first-order chi connectivity index (χ1) is 10.2. The minimum atomic E-state index is -0.365. The molecule has 0 aliphatic carbocycles. The molecule has 2 aromatic rings. The number of halogens is 1. The lowest BCUT2D eigenvalue weighted by molar-refractivity contribution is 0.609. The maximum atomic E-state index is 14.0. The van der Waals surface area contributed by atoms with E-state index in [1.165, 1.54) is 6.20 Å². The van der Waals surface area contributed by atoms with Crippen LogP contribution in [0, 0.1) is 5.82 Å². The van der Waals surface area contributed by atoms with Crippen LogP contribution in [-0.4, -0.2) is 42.1 Å². The molecule has 0 spiro atoms. The Balaban J connectivity index is 2.05. The van der Waals surface area contributed by atoms with E-state index in [4.69, 9.17) is 0 Å². The molecule has 1 fully saturated rings. The van der Waals surface area contributed by atoms with E-state index in [9.17, 15) is 4.39 Å². The van der Waals surface area contributed by atoms with Crippen LogP contribution in [0.15, 0.2) is 24.5 Å². The van der Waals surface area contributed by atoms with Crippen molar-refractivity contribution in [3.05, 3.63) is 30.3 Å². The summed E-state index contributed by atoms with van der Waals surface area (Å²) in [6, 6.07) is 3.74. The van der Waals surface area contributed by atoms with Crippen LogP contribution in [-0.2, 0) is 0 Å². The summed E-state index contributed by atoms with van der Waals surface area (Å²) in [7, 11) is 3.83. The van der Waals surface area contributed by atoms with E-state index in [1.807, 2.05) is 36.0 Å². The van der Waals surface area contributed by atoms with Crippen LogP contribution in [0.1, 0.15) is 12.8 Å². The molecule has 0 N–H and O–H groups in total. The number of aromatic nitrogens is 3. The summed E-state index contributed by atoms with van der Waals surface area (Å²) in [5, 5.41) is 0. The first kappa shape index (κ1) is 13.7. The second-order valence-corrected chi connectivity index (χ2v) is 5.33. The van der Waals surface area contributed by atoms with Gasteiger partial charge in [0.15, 0.2) is 17.5 Å². The molecule has 5 nitrogen and oxygen atoms in total. The largest absolute Gasteiger partial charge is 0.362 e. The lowest BCUT2D eigenvalue weighted by atomic mass is 10.2. The van der Waals surface area contributed by atoms with Gasteiger partial charge in [0.25, 0.3) is 0 Å². The van der Waals surface area contributed by atoms with Gasteiger partial charge in [-0.05, 0) is 25.0 Å². The number of hydrogen-bond acceptors (Lipinski definition) is 5. The van der Waals surface area contributed by atoms with Gasteiger partial charge in [0, 0.05) is 33.4 Å². The second kappa shape index (κ2) is 5.63. The van der Waals surface area contributed by atoms with Crippen LogP contribution < -0.4 is 9.80 Å². The van der Waals surface area contributed by atoms with E-state index >= 15 is 0 Å². The molecule has 6 heteroatoms. The molecule has 0 amide bonds. The summed E-state index contributed by atoms with van der Waals surface area (Å²) in [6.07, 6.45) is 5.13. The van der Waals surface area contributed by atoms with Crippen molar-refractivity contribution < 1.29 is 4.39 Å². The fourth-order valence-corrected chi connectivity index (χ4v) is 2.57. The topological polar surface area (TPSA) is 45.2 Å². The first-order valence-corrected chi connectivity index (χ1v) is 7.07. The molecule has 1 aliphatic rings. The Morgan fingerprint density at radius 2 is 1.95 bits per heavy atom. The summed E-state index contributed by atoms with van der Waals surface area (Å²) in [5.41, 5.74) is 0.808. The molecule has 3 rings (SSSR count). The third-order valence-electron chi connectivity index (χ3n) is 3.58. The molecule has 0 bridgehead atoms. The molecule has 21 heavy (non-hydrogen) atoms. The molecule has 0 radical (unpaired) electrons. The van der Waals surface area contributed by atoms with Gasteiger partial charge in [-0.3, -0.25) is 0 Å². The van der Waals surface area contributed by atoms with Crippen LogP contribution in [0.5, 0.6) is 0 Å². The molecule has 1 saturated heterocycles. The molecular formula is C15H18FN5. The normalized spacial score (nSPS) is 14.5. The summed E-state index contributed by atoms with van der Waals surface area (Å²) in [6.45, 7) is 1.70. The Morgan fingerprint density at radius 3 is 2.67 bits per heavy atom. The Bertz CT molecular complexity index is 638. The summed E-state index contributed by atoms with van der Waals surface area (Å²) < 4.78 is 14.0. The fourth-order valence-electron chi connectivity index (χ4n) is 2.57. The van der Waals surface area contributed by atoms with Crippen molar-refractivity contribution in [2.45, 2.75) is 12.8 Å². The highest BCUT2D eigenvalue weighted by Gasteiger charge is 2.20. The Labute approximate surface area is 123 Å². The number of pyridine rings is 1. The Morgan fingerprint density at radius 1 is 1.19 bits per heavy atom. The highest BCUT2D eigenvalue weighted by molar-refractivity contribution is 5.71. The Kier molecular flexibility index (Phi) is 3.68. The van der Waals surface area contributed by atoms with Crippen LogP contribution in [0.25, 0.3) is 11.4 Å². The summed E-state index contributed by atoms with van der Waals surface area (Å²) in [5.74, 6) is 1.31. The summed E-state index contributed by atoms with van der Waals surface area (Å²) >= 11 is 0. The van der Waals surface area contributed by atoms with Crippen molar-refractivity contribution in [3.8, 4) is 11.4 Å². The number of rotatable bonds is 3. The minimum Gasteiger partial charge on any atom is -0.362 e. The van der Waals surface area contributed by atoms with E-state index in [-0.39, 0.29) is 5.82 Å². The maximum Gasteiger partial charge on any atom is 0.183 e. The molecule has 0 saturated carbocycles. The zero-order valence-electron chi connectivity index (χ0n) is 12.3. The molecule has 1 aliphatic heterocycles. The van der Waals surface area contributed by atoms with E-state index in [1.54, 1.807) is 6.20 Å². The van der Waals surface area contributed by atoms with Gasteiger partial charge < -0.3 is 9.80 Å². The molecule has 0 aromatic carbocycles. The van der Waals surface area contributed by atoms with Gasteiger partial charge in [0.05, 0.1) is 11.8 Å². The van der Waals surface area contributed by atoms with E-state index in [0.29, 0.717) is 11.6 Å². The number of hydrogen-bond donors (Lipinski definition) is 0. The van der Waals surface area contributed by atoms with Crippen LogP contribution >= 0.6 is 0 Å². The van der Waals surface area contributed by atoms with Crippen LogP contribution in [0.3, 0.4) is 0 Å². The standard InChI is InChI=1S/C15H18FN5/c1-20(2)14-11(6-5-7-17-14)13-18-10-12(16)15(19-13)21-8-3-4-9-21/h5-7,10H,3-4,8-9H2,1-2H3. The summed E-state index contributed by atoms with van der Waals surface area (Å²) in [4.78, 5) is 16.8. The van der Waals surface area contributed by atoms with Crippen molar-refractivity contribution >= 4 is 11.6 Å². The zero-order chi connectivity index (χ0) is 14.8. The van der Waals surface area contributed by atoms with Gasteiger partial charge in [-0.15, -0.1) is 0 Å². The van der Waals surface area contributed by atoms with E-state index in [0.717, 1.165) is 37.3 Å². The van der Waals surface area contributed by atoms with E-state index in [2.05, 4.69) is 15.0 Å².